The number of thioether (sulfide) groups is 1. The van der Waals surface area contributed by atoms with E-state index in [0.717, 1.165) is 11.3 Å². The largest absolute Gasteiger partial charge is 0.484 e. The van der Waals surface area contributed by atoms with E-state index >= 15 is 0 Å². The molecule has 0 bridgehead atoms. The molecule has 9 nitrogen and oxygen atoms in total. The number of hydrogen-bond donors (Lipinski definition) is 0. The third-order valence-corrected chi connectivity index (χ3v) is 7.28. The lowest BCUT2D eigenvalue weighted by molar-refractivity contribution is -0.142. The number of nitrogens with zero attached hydrogens (tertiary/aromatic N) is 5. The second-order valence-electron chi connectivity index (χ2n) is 9.12. The van der Waals surface area contributed by atoms with Crippen molar-refractivity contribution in [1.29, 1.82) is 0 Å². The van der Waals surface area contributed by atoms with Crippen molar-refractivity contribution < 1.29 is 18.7 Å². The van der Waals surface area contributed by atoms with E-state index in [0.29, 0.717) is 42.1 Å². The number of rotatable bonds is 8. The lowest BCUT2D eigenvalue weighted by Gasteiger charge is -2.39. The van der Waals surface area contributed by atoms with Crippen LogP contribution in [-0.4, -0.2) is 74.4 Å². The van der Waals surface area contributed by atoms with Crippen LogP contribution in [0.15, 0.2) is 82.6 Å². The van der Waals surface area contributed by atoms with Gasteiger partial charge in [-0.05, 0) is 55.8 Å². The number of amides is 2. The van der Waals surface area contributed by atoms with E-state index in [9.17, 15) is 9.59 Å². The predicted octanol–water partition coefficient (Wildman–Crippen LogP) is 4.07. The Morgan fingerprint density at radius 3 is 2.61 bits per heavy atom. The summed E-state index contributed by atoms with van der Waals surface area (Å²) in [6.07, 6.45) is 1.60. The van der Waals surface area contributed by atoms with E-state index < -0.39 is 0 Å². The number of carbonyl (C=O) groups excluding carboxylic acids is 2. The van der Waals surface area contributed by atoms with Crippen molar-refractivity contribution >= 4 is 23.6 Å². The van der Waals surface area contributed by atoms with Crippen molar-refractivity contribution in [1.82, 2.24) is 24.6 Å². The van der Waals surface area contributed by atoms with Gasteiger partial charge in [-0.3, -0.25) is 14.2 Å². The molecule has 2 aromatic carbocycles. The fourth-order valence-electron chi connectivity index (χ4n) is 4.45. The topological polar surface area (TPSA) is 93.7 Å². The van der Waals surface area contributed by atoms with Gasteiger partial charge in [0.05, 0.1) is 17.7 Å². The molecule has 1 aliphatic heterocycles. The molecular weight excluding hydrogens is 502 g/mol. The number of piperazine rings is 1. The molecule has 1 fully saturated rings. The van der Waals surface area contributed by atoms with Gasteiger partial charge in [0.1, 0.15) is 5.75 Å². The van der Waals surface area contributed by atoms with Gasteiger partial charge in [0.15, 0.2) is 17.5 Å². The molecule has 3 heterocycles. The average Bonchev–Trinajstić information content (AvgIpc) is 3.61. The van der Waals surface area contributed by atoms with Crippen molar-refractivity contribution in [3.05, 3.63) is 78.6 Å². The van der Waals surface area contributed by atoms with Gasteiger partial charge in [-0.2, -0.15) is 0 Å². The highest BCUT2D eigenvalue weighted by atomic mass is 32.2. The Kier molecular flexibility index (Phi) is 7.78. The molecule has 0 N–H and O–H groups in total. The van der Waals surface area contributed by atoms with Gasteiger partial charge < -0.3 is 19.0 Å². The van der Waals surface area contributed by atoms with Crippen LogP contribution in [0.3, 0.4) is 0 Å². The van der Waals surface area contributed by atoms with Crippen LogP contribution < -0.4 is 4.74 Å². The highest BCUT2D eigenvalue weighted by molar-refractivity contribution is 7.99. The number of benzene rings is 2. The molecule has 1 aliphatic rings. The molecule has 0 radical (unpaired) electrons. The summed E-state index contributed by atoms with van der Waals surface area (Å²) in [5.41, 5.74) is 2.00. The normalized spacial score (nSPS) is 15.5. The molecule has 1 unspecified atom stereocenters. The Hall–Kier alpha value is -4.05. The Morgan fingerprint density at radius 1 is 1.03 bits per heavy atom. The predicted molar refractivity (Wildman–Crippen MR) is 144 cm³/mol. The summed E-state index contributed by atoms with van der Waals surface area (Å²) in [5.74, 6) is 1.96. The molecule has 1 atom stereocenters. The van der Waals surface area contributed by atoms with Crippen LogP contribution in [0.25, 0.3) is 17.3 Å². The van der Waals surface area contributed by atoms with E-state index in [-0.39, 0.29) is 30.2 Å². The molecule has 2 aromatic heterocycles. The summed E-state index contributed by atoms with van der Waals surface area (Å²) < 4.78 is 13.1. The molecule has 5 rings (SSSR count). The van der Waals surface area contributed by atoms with Crippen molar-refractivity contribution in [2.75, 3.05) is 32.0 Å². The summed E-state index contributed by atoms with van der Waals surface area (Å²) in [5, 5.41) is 9.33. The molecule has 38 heavy (non-hydrogen) atoms. The number of furan rings is 1. The minimum atomic E-state index is -0.105. The molecule has 0 aliphatic carbocycles. The van der Waals surface area contributed by atoms with Crippen molar-refractivity contribution in [3.63, 3.8) is 0 Å². The zero-order chi connectivity index (χ0) is 26.5. The summed E-state index contributed by atoms with van der Waals surface area (Å²) in [4.78, 5) is 29.5. The number of para-hydroxylation sites is 1. The molecule has 4 aromatic rings. The maximum absolute atomic E-state index is 13.1. The van der Waals surface area contributed by atoms with E-state index in [1.54, 1.807) is 22.1 Å². The van der Waals surface area contributed by atoms with Crippen LogP contribution in [-0.2, 0) is 9.59 Å². The Morgan fingerprint density at radius 2 is 1.87 bits per heavy atom. The number of aromatic nitrogens is 3. The zero-order valence-corrected chi connectivity index (χ0v) is 22.1. The van der Waals surface area contributed by atoms with E-state index in [4.69, 9.17) is 9.15 Å². The van der Waals surface area contributed by atoms with Crippen LogP contribution >= 0.6 is 11.8 Å². The number of ether oxygens (including phenoxy) is 1. The highest BCUT2D eigenvalue weighted by Gasteiger charge is 2.30. The van der Waals surface area contributed by atoms with Crippen LogP contribution in [0.5, 0.6) is 5.75 Å². The standard InChI is InChI=1S/C28H29N5O4S/c1-20-8-6-9-22(16-20)33-27(24-12-7-15-36-24)29-30-28(33)38-19-26(35)31-13-14-32(21(2)17-31)25(34)18-37-23-10-4-3-5-11-23/h3-12,15-16,21H,13-14,17-19H2,1-2H3. The van der Waals surface area contributed by atoms with Crippen molar-refractivity contribution in [3.8, 4) is 23.0 Å². The lowest BCUT2D eigenvalue weighted by atomic mass is 10.2. The van der Waals surface area contributed by atoms with Gasteiger partial charge >= 0.3 is 0 Å². The highest BCUT2D eigenvalue weighted by Crippen LogP contribution is 2.29. The quantitative estimate of drug-likeness (QED) is 0.317. The number of aryl methyl sites for hydroxylation is 1. The number of carbonyl (C=O) groups is 2. The fourth-order valence-corrected chi connectivity index (χ4v) is 5.30. The maximum Gasteiger partial charge on any atom is 0.260 e. The van der Waals surface area contributed by atoms with Crippen LogP contribution in [0.4, 0.5) is 0 Å². The lowest BCUT2D eigenvalue weighted by Crippen LogP contribution is -2.56. The van der Waals surface area contributed by atoms with Gasteiger partial charge in [-0.1, -0.05) is 42.1 Å². The van der Waals surface area contributed by atoms with Gasteiger partial charge in [0, 0.05) is 25.7 Å². The molecule has 196 valence electrons. The molecule has 1 saturated heterocycles. The third kappa shape index (κ3) is 5.75. The van der Waals surface area contributed by atoms with Gasteiger partial charge in [-0.25, -0.2) is 0 Å². The van der Waals surface area contributed by atoms with Gasteiger partial charge in [0.2, 0.25) is 11.7 Å². The first-order chi connectivity index (χ1) is 18.5. The fraction of sp³-hybridized carbons (Fsp3) is 0.286. The Labute approximate surface area is 225 Å². The minimum absolute atomic E-state index is 0.00664. The molecule has 2 amide bonds. The summed E-state index contributed by atoms with van der Waals surface area (Å²) >= 11 is 1.34. The molecule has 10 heteroatoms. The minimum Gasteiger partial charge on any atom is -0.484 e. The number of hydrogen-bond acceptors (Lipinski definition) is 7. The smallest absolute Gasteiger partial charge is 0.260 e. The van der Waals surface area contributed by atoms with Gasteiger partial charge in [-0.15, -0.1) is 10.2 Å². The summed E-state index contributed by atoms with van der Waals surface area (Å²) in [6, 6.07) is 20.8. The van der Waals surface area contributed by atoms with E-state index in [2.05, 4.69) is 10.2 Å². The summed E-state index contributed by atoms with van der Waals surface area (Å²) in [6.45, 7) is 5.37. The van der Waals surface area contributed by atoms with Crippen molar-refractivity contribution in [2.24, 2.45) is 0 Å². The van der Waals surface area contributed by atoms with Crippen LogP contribution in [0, 0.1) is 6.92 Å². The van der Waals surface area contributed by atoms with Crippen LogP contribution in [0.1, 0.15) is 12.5 Å². The Bertz CT molecular complexity index is 1390. The van der Waals surface area contributed by atoms with E-state index in [1.165, 1.54) is 11.8 Å². The monoisotopic (exact) mass is 531 g/mol. The molecule has 0 saturated carbocycles. The first-order valence-electron chi connectivity index (χ1n) is 12.4. The molecule has 0 spiro atoms. The Balaban J connectivity index is 1.21. The first kappa shape index (κ1) is 25.6. The summed E-state index contributed by atoms with van der Waals surface area (Å²) in [7, 11) is 0. The second-order valence-corrected chi connectivity index (χ2v) is 10.1. The van der Waals surface area contributed by atoms with Crippen molar-refractivity contribution in [2.45, 2.75) is 25.0 Å². The average molecular weight is 532 g/mol. The first-order valence-corrected chi connectivity index (χ1v) is 13.4. The zero-order valence-electron chi connectivity index (χ0n) is 21.3. The van der Waals surface area contributed by atoms with E-state index in [1.807, 2.05) is 79.1 Å². The maximum atomic E-state index is 13.1. The molecular formula is C28H29N5O4S. The second kappa shape index (κ2) is 11.6. The van der Waals surface area contributed by atoms with Crippen LogP contribution in [0.2, 0.25) is 0 Å². The SMILES string of the molecule is Cc1cccc(-n2c(SCC(=O)N3CCN(C(=O)COc4ccccc4)C(C)C3)nnc2-c2ccco2)c1. The third-order valence-electron chi connectivity index (χ3n) is 6.37. The van der Waals surface area contributed by atoms with Gasteiger partial charge in [0.25, 0.3) is 5.91 Å².